The Kier molecular flexibility index (Phi) is 23.6. The molecule has 0 aliphatic rings. The van der Waals surface area contributed by atoms with Crippen molar-refractivity contribution in [1.29, 1.82) is 0 Å². The fourth-order valence-corrected chi connectivity index (χ4v) is 7.38. The van der Waals surface area contributed by atoms with E-state index in [4.69, 9.17) is 18.3 Å². The van der Waals surface area contributed by atoms with Crippen LogP contribution in [0.15, 0.2) is 30.3 Å². The molecule has 0 fully saturated rings. The van der Waals surface area contributed by atoms with Crippen LogP contribution < -0.4 is 0 Å². The van der Waals surface area contributed by atoms with E-state index in [1.807, 2.05) is 55.9 Å². The van der Waals surface area contributed by atoms with Gasteiger partial charge in [0.05, 0.1) is 12.7 Å². The van der Waals surface area contributed by atoms with Crippen LogP contribution in [-0.4, -0.2) is 29.9 Å². The summed E-state index contributed by atoms with van der Waals surface area (Å²) in [6.45, 7) is 8.52. The van der Waals surface area contributed by atoms with Gasteiger partial charge in [0.1, 0.15) is 6.61 Å². The summed E-state index contributed by atoms with van der Waals surface area (Å²) in [6, 6.07) is 9.30. The van der Waals surface area contributed by atoms with Gasteiger partial charge in [0, 0.05) is 5.25 Å². The van der Waals surface area contributed by atoms with Gasteiger partial charge in [0.15, 0.2) is 0 Å². The number of carbonyl (C=O) groups excluding carboxylic acids is 1. The van der Waals surface area contributed by atoms with Gasteiger partial charge in [-0.25, -0.2) is 9.36 Å². The zero-order valence-corrected chi connectivity index (χ0v) is 28.2. The van der Waals surface area contributed by atoms with Crippen LogP contribution in [0.1, 0.15) is 142 Å². The minimum Gasteiger partial charge on any atom is -0.429 e. The highest BCUT2D eigenvalue weighted by Crippen LogP contribution is 2.52. The van der Waals surface area contributed by atoms with Crippen LogP contribution in [0, 0.1) is 0 Å². The molecule has 0 aliphatic heterocycles. The number of phosphoric acid groups is 1. The molecule has 0 N–H and O–H groups in total. The first-order valence-electron chi connectivity index (χ1n) is 16.4. The highest BCUT2D eigenvalue weighted by Gasteiger charge is 2.36. The SMILES string of the molecule is CCCCCCCCCCSC(CCCCCCCCC)C(C)OP(=O)(OCCC)OC(=O)OCc1ccccc1. The quantitative estimate of drug-likeness (QED) is 0.0554. The number of carbonyl (C=O) groups is 1. The fraction of sp³-hybridized carbons (Fsp3) is 0.788. The van der Waals surface area contributed by atoms with Crippen molar-refractivity contribution >= 4 is 25.7 Å². The van der Waals surface area contributed by atoms with Crippen LogP contribution in [0.5, 0.6) is 0 Å². The first-order chi connectivity index (χ1) is 19.9. The second-order valence-corrected chi connectivity index (χ2v) is 13.9. The molecule has 0 radical (unpaired) electrons. The molecular weight excluding hydrogens is 555 g/mol. The molecule has 1 aromatic carbocycles. The number of unbranched alkanes of at least 4 members (excludes halogenated alkanes) is 13. The van der Waals surface area contributed by atoms with Crippen molar-refractivity contribution in [3.05, 3.63) is 35.9 Å². The molecular formula is C33H59O6PS. The van der Waals surface area contributed by atoms with Gasteiger partial charge in [0.2, 0.25) is 0 Å². The Balaban J connectivity index is 2.65. The van der Waals surface area contributed by atoms with Crippen molar-refractivity contribution in [1.82, 2.24) is 0 Å². The van der Waals surface area contributed by atoms with Crippen molar-refractivity contribution in [2.24, 2.45) is 0 Å². The Bertz CT molecular complexity index is 793. The van der Waals surface area contributed by atoms with Crippen LogP contribution in [0.2, 0.25) is 0 Å². The lowest BCUT2D eigenvalue weighted by Crippen LogP contribution is -2.24. The van der Waals surface area contributed by atoms with Crippen LogP contribution >= 0.6 is 19.6 Å². The maximum atomic E-state index is 13.5. The maximum Gasteiger partial charge on any atom is 0.534 e. The van der Waals surface area contributed by atoms with E-state index >= 15 is 0 Å². The summed E-state index contributed by atoms with van der Waals surface area (Å²) >= 11 is 1.89. The highest BCUT2D eigenvalue weighted by atomic mass is 32.2. The molecule has 0 saturated carbocycles. The second kappa shape index (κ2) is 25.5. The number of ether oxygens (including phenoxy) is 1. The van der Waals surface area contributed by atoms with Crippen molar-refractivity contribution in [2.75, 3.05) is 12.4 Å². The Hall–Kier alpha value is -1.01. The molecule has 238 valence electrons. The van der Waals surface area contributed by atoms with Crippen molar-refractivity contribution in [2.45, 2.75) is 155 Å². The summed E-state index contributed by atoms with van der Waals surface area (Å²) in [6.07, 6.45) is 19.2. The van der Waals surface area contributed by atoms with Gasteiger partial charge in [0.25, 0.3) is 0 Å². The molecule has 0 bridgehead atoms. The molecule has 41 heavy (non-hydrogen) atoms. The topological polar surface area (TPSA) is 71.1 Å². The summed E-state index contributed by atoms with van der Waals surface area (Å²) in [5.74, 6) is 1.05. The van der Waals surface area contributed by atoms with E-state index in [-0.39, 0.29) is 18.5 Å². The zero-order valence-electron chi connectivity index (χ0n) is 26.5. The molecule has 6 nitrogen and oxygen atoms in total. The van der Waals surface area contributed by atoms with E-state index < -0.39 is 20.1 Å². The van der Waals surface area contributed by atoms with Crippen LogP contribution in [-0.2, 0) is 29.5 Å². The number of benzene rings is 1. The minimum absolute atomic E-state index is 0.0261. The Morgan fingerprint density at radius 3 is 1.93 bits per heavy atom. The normalized spacial score (nSPS) is 14.3. The van der Waals surface area contributed by atoms with E-state index in [9.17, 15) is 9.36 Å². The lowest BCUT2D eigenvalue weighted by Gasteiger charge is -2.27. The second-order valence-electron chi connectivity index (χ2n) is 11.0. The lowest BCUT2D eigenvalue weighted by atomic mass is 10.1. The molecule has 3 unspecified atom stereocenters. The van der Waals surface area contributed by atoms with Gasteiger partial charge in [-0.1, -0.05) is 141 Å². The van der Waals surface area contributed by atoms with Gasteiger partial charge >= 0.3 is 14.0 Å². The molecule has 0 aliphatic carbocycles. The average Bonchev–Trinajstić information content (AvgIpc) is 2.97. The van der Waals surface area contributed by atoms with Gasteiger partial charge in [-0.3, -0.25) is 9.05 Å². The highest BCUT2D eigenvalue weighted by molar-refractivity contribution is 7.99. The van der Waals surface area contributed by atoms with Gasteiger partial charge in [-0.15, -0.1) is 0 Å². The molecule has 8 heteroatoms. The predicted octanol–water partition coefficient (Wildman–Crippen LogP) is 11.7. The van der Waals surface area contributed by atoms with Crippen molar-refractivity contribution < 1.29 is 27.7 Å². The van der Waals surface area contributed by atoms with Gasteiger partial charge in [-0.05, 0) is 37.5 Å². The fourth-order valence-electron chi connectivity index (χ4n) is 4.61. The Morgan fingerprint density at radius 1 is 0.780 bits per heavy atom. The summed E-state index contributed by atoms with van der Waals surface area (Å²) in [7, 11) is -4.13. The molecule has 1 rings (SSSR count). The molecule has 3 atom stereocenters. The molecule has 0 saturated heterocycles. The Morgan fingerprint density at radius 2 is 1.34 bits per heavy atom. The van der Waals surface area contributed by atoms with Crippen molar-refractivity contribution in [3.8, 4) is 0 Å². The van der Waals surface area contributed by atoms with Gasteiger partial charge < -0.3 is 9.26 Å². The first kappa shape index (κ1) is 38.0. The smallest absolute Gasteiger partial charge is 0.429 e. The molecule has 0 amide bonds. The summed E-state index contributed by atoms with van der Waals surface area (Å²) in [4.78, 5) is 12.4. The van der Waals surface area contributed by atoms with Gasteiger partial charge in [-0.2, -0.15) is 11.8 Å². The third-order valence-electron chi connectivity index (χ3n) is 7.08. The standard InChI is InChI=1S/C33H59O6PS/c1-5-8-10-12-14-16-18-23-28-41-32(26-22-17-15-13-11-9-6-2)30(4)38-40(35,37-27-7-3)39-33(34)36-29-31-24-20-19-21-25-31/h19-21,24-25,30,32H,5-18,22-23,26-29H2,1-4H3. The van der Waals surface area contributed by atoms with E-state index in [1.54, 1.807) is 0 Å². The molecule has 0 aromatic heterocycles. The van der Waals surface area contributed by atoms with E-state index in [0.717, 1.165) is 24.2 Å². The van der Waals surface area contributed by atoms with E-state index in [1.165, 1.54) is 89.9 Å². The first-order valence-corrected chi connectivity index (χ1v) is 18.9. The monoisotopic (exact) mass is 614 g/mol. The number of phosphoric ester groups is 1. The largest absolute Gasteiger partial charge is 0.534 e. The summed E-state index contributed by atoms with van der Waals surface area (Å²) < 4.78 is 35.4. The minimum atomic E-state index is -4.13. The van der Waals surface area contributed by atoms with E-state index in [2.05, 4.69) is 13.8 Å². The number of rotatable bonds is 27. The predicted molar refractivity (Wildman–Crippen MR) is 174 cm³/mol. The maximum absolute atomic E-state index is 13.5. The van der Waals surface area contributed by atoms with E-state index in [0.29, 0.717) is 6.42 Å². The Labute approximate surface area is 256 Å². The number of thioether (sulfide) groups is 1. The lowest BCUT2D eigenvalue weighted by molar-refractivity contribution is 0.0529. The molecule has 0 heterocycles. The van der Waals surface area contributed by atoms with Crippen LogP contribution in [0.3, 0.4) is 0 Å². The van der Waals surface area contributed by atoms with Crippen LogP contribution in [0.4, 0.5) is 4.79 Å². The number of hydrogen-bond acceptors (Lipinski definition) is 7. The molecule has 0 spiro atoms. The third kappa shape index (κ3) is 20.5. The summed E-state index contributed by atoms with van der Waals surface area (Å²) in [5, 5.41) is 0.151. The molecule has 1 aromatic rings. The average molecular weight is 615 g/mol. The summed E-state index contributed by atoms with van der Waals surface area (Å²) in [5.41, 5.74) is 0.815. The third-order valence-corrected chi connectivity index (χ3v) is 10.1. The number of hydrogen-bond donors (Lipinski definition) is 0. The van der Waals surface area contributed by atoms with Crippen LogP contribution in [0.25, 0.3) is 0 Å². The van der Waals surface area contributed by atoms with Crippen molar-refractivity contribution in [3.63, 3.8) is 0 Å². The zero-order chi connectivity index (χ0) is 30.0.